The largest absolute Gasteiger partial charge is 0.494 e. The number of carbonyl (C=O) groups excluding carboxylic acids is 1. The van der Waals surface area contributed by atoms with E-state index in [0.717, 1.165) is 11.8 Å². The zero-order valence-electron chi connectivity index (χ0n) is 16.3. The minimum Gasteiger partial charge on any atom is -0.494 e. The maximum absolute atomic E-state index is 13.8. The molecule has 10 heteroatoms. The Labute approximate surface area is 182 Å². The van der Waals surface area contributed by atoms with Crippen LogP contribution in [0.25, 0.3) is 0 Å². The van der Waals surface area contributed by atoms with Crippen LogP contribution >= 0.6 is 23.4 Å². The predicted molar refractivity (Wildman–Crippen MR) is 110 cm³/mol. The third-order valence-electron chi connectivity index (χ3n) is 4.01. The molecular formula is C20H19ClFN3O4S. The van der Waals surface area contributed by atoms with Crippen molar-refractivity contribution in [2.75, 3.05) is 19.9 Å². The van der Waals surface area contributed by atoms with Crippen molar-refractivity contribution in [3.8, 4) is 11.5 Å². The number of hydrogen-bond acceptors (Lipinski definition) is 7. The van der Waals surface area contributed by atoms with E-state index in [0.29, 0.717) is 22.2 Å². The van der Waals surface area contributed by atoms with Gasteiger partial charge < -0.3 is 18.8 Å². The van der Waals surface area contributed by atoms with E-state index < -0.39 is 5.82 Å². The van der Waals surface area contributed by atoms with E-state index in [1.807, 2.05) is 0 Å². The Balaban J connectivity index is 1.46. The molecule has 0 aliphatic heterocycles. The van der Waals surface area contributed by atoms with Crippen LogP contribution in [0.2, 0.25) is 5.02 Å². The molecule has 30 heavy (non-hydrogen) atoms. The Morgan fingerprint density at radius 1 is 1.23 bits per heavy atom. The summed E-state index contributed by atoms with van der Waals surface area (Å²) in [6.45, 7) is 0.371. The van der Waals surface area contributed by atoms with Gasteiger partial charge in [-0.1, -0.05) is 29.4 Å². The second-order valence-corrected chi connectivity index (χ2v) is 7.57. The van der Waals surface area contributed by atoms with Crippen molar-refractivity contribution in [2.24, 2.45) is 0 Å². The third kappa shape index (κ3) is 6.11. The van der Waals surface area contributed by atoms with Crippen LogP contribution in [0.5, 0.6) is 11.5 Å². The van der Waals surface area contributed by atoms with E-state index in [2.05, 4.69) is 10.2 Å². The zero-order chi connectivity index (χ0) is 21.5. The second-order valence-electron chi connectivity index (χ2n) is 6.21. The fourth-order valence-electron chi connectivity index (χ4n) is 2.43. The summed E-state index contributed by atoms with van der Waals surface area (Å²) in [5.41, 5.74) is 0.661. The first-order valence-electron chi connectivity index (χ1n) is 8.84. The molecule has 0 spiro atoms. The van der Waals surface area contributed by atoms with Gasteiger partial charge in [-0.05, 0) is 42.0 Å². The molecule has 1 aromatic heterocycles. The molecule has 7 nitrogen and oxygen atoms in total. The number of thioether (sulfide) groups is 1. The van der Waals surface area contributed by atoms with E-state index in [9.17, 15) is 9.18 Å². The molecule has 0 atom stereocenters. The maximum Gasteiger partial charge on any atom is 0.277 e. The molecule has 0 saturated carbocycles. The summed E-state index contributed by atoms with van der Waals surface area (Å²) in [5, 5.41) is 8.68. The highest BCUT2D eigenvalue weighted by molar-refractivity contribution is 7.99. The van der Waals surface area contributed by atoms with Crippen LogP contribution in [0.15, 0.2) is 52.1 Å². The summed E-state index contributed by atoms with van der Waals surface area (Å²) in [6.07, 6.45) is 0. The summed E-state index contributed by atoms with van der Waals surface area (Å²) in [5.74, 6) is 0.559. The summed E-state index contributed by atoms with van der Waals surface area (Å²) in [6, 6.07) is 11.5. The van der Waals surface area contributed by atoms with Crippen LogP contribution < -0.4 is 9.47 Å². The monoisotopic (exact) mass is 451 g/mol. The topological polar surface area (TPSA) is 77.7 Å². The average molecular weight is 452 g/mol. The minimum atomic E-state index is -0.468. The van der Waals surface area contributed by atoms with Gasteiger partial charge in [0, 0.05) is 18.6 Å². The molecule has 0 unspecified atom stereocenters. The number of ether oxygens (including phenoxy) is 2. The van der Waals surface area contributed by atoms with Crippen molar-refractivity contribution in [2.45, 2.75) is 18.4 Å². The van der Waals surface area contributed by atoms with Crippen molar-refractivity contribution in [1.29, 1.82) is 0 Å². The van der Waals surface area contributed by atoms with Crippen molar-refractivity contribution >= 4 is 29.3 Å². The van der Waals surface area contributed by atoms with Crippen LogP contribution in [0.3, 0.4) is 0 Å². The number of hydrogen-bond donors (Lipinski definition) is 0. The van der Waals surface area contributed by atoms with Gasteiger partial charge in [0.05, 0.1) is 12.9 Å². The molecule has 1 amide bonds. The van der Waals surface area contributed by atoms with Gasteiger partial charge in [0.15, 0.2) is 18.2 Å². The SMILES string of the molecule is COc1ccc(CN(C)C(=O)CSc2nnc(COc3ccc(Cl)cc3)o2)cc1F. The van der Waals surface area contributed by atoms with Gasteiger partial charge in [-0.25, -0.2) is 4.39 Å². The molecule has 1 heterocycles. The van der Waals surface area contributed by atoms with Crippen LogP contribution in [0, 0.1) is 5.82 Å². The Kier molecular flexibility index (Phi) is 7.53. The molecule has 0 bridgehead atoms. The molecule has 3 rings (SSSR count). The van der Waals surface area contributed by atoms with Crippen LogP contribution in [-0.2, 0) is 17.9 Å². The Bertz CT molecular complexity index is 1000. The Hall–Kier alpha value is -2.78. The van der Waals surface area contributed by atoms with Crippen LogP contribution in [0.1, 0.15) is 11.5 Å². The Morgan fingerprint density at radius 2 is 2.00 bits per heavy atom. The molecule has 0 fully saturated rings. The number of halogens is 2. The van der Waals surface area contributed by atoms with Crippen LogP contribution in [-0.4, -0.2) is 40.9 Å². The first-order chi connectivity index (χ1) is 14.4. The lowest BCUT2D eigenvalue weighted by molar-refractivity contribution is -0.127. The smallest absolute Gasteiger partial charge is 0.277 e. The molecule has 0 radical (unpaired) electrons. The van der Waals surface area contributed by atoms with Gasteiger partial charge in [0.1, 0.15) is 5.75 Å². The normalized spacial score (nSPS) is 10.7. The lowest BCUT2D eigenvalue weighted by Crippen LogP contribution is -2.27. The number of amides is 1. The fraction of sp³-hybridized carbons (Fsp3) is 0.250. The summed E-state index contributed by atoms with van der Waals surface area (Å²) >= 11 is 6.95. The van der Waals surface area contributed by atoms with Gasteiger partial charge >= 0.3 is 0 Å². The van der Waals surface area contributed by atoms with E-state index >= 15 is 0 Å². The molecule has 0 aliphatic carbocycles. The number of nitrogens with zero attached hydrogens (tertiary/aromatic N) is 3. The highest BCUT2D eigenvalue weighted by atomic mass is 35.5. The number of benzene rings is 2. The molecule has 3 aromatic rings. The molecule has 0 saturated heterocycles. The fourth-order valence-corrected chi connectivity index (χ4v) is 3.28. The lowest BCUT2D eigenvalue weighted by atomic mass is 10.2. The number of carbonyl (C=O) groups is 1. The Morgan fingerprint density at radius 3 is 2.70 bits per heavy atom. The highest BCUT2D eigenvalue weighted by Crippen LogP contribution is 2.21. The molecular weight excluding hydrogens is 433 g/mol. The van der Waals surface area contributed by atoms with Crippen molar-refractivity contribution in [3.05, 3.63) is 64.8 Å². The average Bonchev–Trinajstić information content (AvgIpc) is 3.19. The summed E-state index contributed by atoms with van der Waals surface area (Å²) in [7, 11) is 3.04. The maximum atomic E-state index is 13.8. The van der Waals surface area contributed by atoms with E-state index in [-0.39, 0.29) is 35.8 Å². The lowest BCUT2D eigenvalue weighted by Gasteiger charge is -2.17. The summed E-state index contributed by atoms with van der Waals surface area (Å²) in [4.78, 5) is 13.8. The molecule has 2 aromatic carbocycles. The first kappa shape index (κ1) is 21.9. The third-order valence-corrected chi connectivity index (χ3v) is 5.06. The molecule has 158 valence electrons. The van der Waals surface area contributed by atoms with E-state index in [1.165, 1.54) is 24.1 Å². The molecule has 0 aliphatic rings. The number of aromatic nitrogens is 2. The first-order valence-corrected chi connectivity index (χ1v) is 10.2. The van der Waals surface area contributed by atoms with Crippen molar-refractivity contribution < 1.29 is 23.1 Å². The van der Waals surface area contributed by atoms with Gasteiger partial charge in [-0.15, -0.1) is 10.2 Å². The zero-order valence-corrected chi connectivity index (χ0v) is 17.9. The van der Waals surface area contributed by atoms with Crippen LogP contribution in [0.4, 0.5) is 4.39 Å². The van der Waals surface area contributed by atoms with Gasteiger partial charge in [-0.2, -0.15) is 0 Å². The van der Waals surface area contributed by atoms with E-state index in [1.54, 1.807) is 37.4 Å². The standard InChI is InChI=1S/C20H19ClFN3O4S/c1-25(10-13-3-8-17(27-2)16(22)9-13)19(26)12-30-20-24-23-18(29-20)11-28-15-6-4-14(21)5-7-15/h3-9H,10-12H2,1-2H3. The van der Waals surface area contributed by atoms with E-state index in [4.69, 9.17) is 25.5 Å². The quantitative estimate of drug-likeness (QED) is 0.451. The predicted octanol–water partition coefficient (Wildman–Crippen LogP) is 4.20. The highest BCUT2D eigenvalue weighted by Gasteiger charge is 2.14. The summed E-state index contributed by atoms with van der Waals surface area (Å²) < 4.78 is 29.7. The molecule has 0 N–H and O–H groups in total. The van der Waals surface area contributed by atoms with Crippen molar-refractivity contribution in [1.82, 2.24) is 15.1 Å². The minimum absolute atomic E-state index is 0.103. The van der Waals surface area contributed by atoms with Gasteiger partial charge in [0.2, 0.25) is 5.91 Å². The second kappa shape index (κ2) is 10.3. The number of methoxy groups -OCH3 is 1. The van der Waals surface area contributed by atoms with Crippen molar-refractivity contribution in [3.63, 3.8) is 0 Å². The van der Waals surface area contributed by atoms with Gasteiger partial charge in [0.25, 0.3) is 11.1 Å². The van der Waals surface area contributed by atoms with Gasteiger partial charge in [-0.3, -0.25) is 4.79 Å². The number of rotatable bonds is 9.